The van der Waals surface area contributed by atoms with Gasteiger partial charge in [-0.05, 0) is 35.4 Å². The molecule has 1 N–H and O–H groups in total. The molecule has 3 nitrogen and oxygen atoms in total. The monoisotopic (exact) mass is 339 g/mol. The fraction of sp³-hybridized carbons (Fsp3) is 0.0870. The SMILES string of the molecule is O=C1N[C@@H](c2cccc(C#Cc3ccccc3)c2)[C@@H](c2ccccc2)O1. The van der Waals surface area contributed by atoms with Crippen LogP contribution in [0.15, 0.2) is 84.9 Å². The van der Waals surface area contributed by atoms with Crippen molar-refractivity contribution in [2.75, 3.05) is 0 Å². The third kappa shape index (κ3) is 3.45. The van der Waals surface area contributed by atoms with E-state index in [1.165, 1.54) is 0 Å². The van der Waals surface area contributed by atoms with E-state index < -0.39 is 6.09 Å². The van der Waals surface area contributed by atoms with Gasteiger partial charge in [-0.3, -0.25) is 0 Å². The van der Waals surface area contributed by atoms with Crippen LogP contribution < -0.4 is 5.32 Å². The lowest BCUT2D eigenvalue weighted by molar-refractivity contribution is 0.132. The number of hydrogen-bond donors (Lipinski definition) is 1. The molecule has 1 aliphatic rings. The summed E-state index contributed by atoms with van der Waals surface area (Å²) in [6.45, 7) is 0. The Balaban J connectivity index is 1.63. The maximum absolute atomic E-state index is 11.8. The highest BCUT2D eigenvalue weighted by molar-refractivity contribution is 5.71. The van der Waals surface area contributed by atoms with Crippen LogP contribution in [0.3, 0.4) is 0 Å². The summed E-state index contributed by atoms with van der Waals surface area (Å²) in [5.41, 5.74) is 3.82. The van der Waals surface area contributed by atoms with Crippen LogP contribution in [0.5, 0.6) is 0 Å². The first kappa shape index (κ1) is 16.0. The minimum Gasteiger partial charge on any atom is -0.439 e. The summed E-state index contributed by atoms with van der Waals surface area (Å²) >= 11 is 0. The second kappa shape index (κ2) is 7.16. The minimum atomic E-state index is -0.398. The van der Waals surface area contributed by atoms with Gasteiger partial charge >= 0.3 is 6.09 Å². The Kier molecular flexibility index (Phi) is 4.40. The lowest BCUT2D eigenvalue weighted by Gasteiger charge is -2.17. The highest BCUT2D eigenvalue weighted by Gasteiger charge is 2.36. The van der Waals surface area contributed by atoms with Gasteiger partial charge in [0.25, 0.3) is 0 Å². The van der Waals surface area contributed by atoms with E-state index in [0.717, 1.165) is 22.3 Å². The highest BCUT2D eigenvalue weighted by atomic mass is 16.6. The molecule has 0 radical (unpaired) electrons. The number of cyclic esters (lactones) is 1. The Morgan fingerprint density at radius 3 is 2.12 bits per heavy atom. The van der Waals surface area contributed by atoms with Crippen molar-refractivity contribution in [2.45, 2.75) is 12.1 Å². The van der Waals surface area contributed by atoms with E-state index >= 15 is 0 Å². The Morgan fingerprint density at radius 1 is 0.731 bits per heavy atom. The molecule has 3 heteroatoms. The van der Waals surface area contributed by atoms with Crippen LogP contribution >= 0.6 is 0 Å². The topological polar surface area (TPSA) is 38.3 Å². The Hall–Kier alpha value is -3.51. The second-order valence-corrected chi connectivity index (χ2v) is 6.10. The van der Waals surface area contributed by atoms with Crippen LogP contribution in [-0.2, 0) is 4.74 Å². The molecule has 0 spiro atoms. The van der Waals surface area contributed by atoms with Crippen LogP contribution in [0.25, 0.3) is 0 Å². The molecule has 0 bridgehead atoms. The number of benzene rings is 3. The minimum absolute atomic E-state index is 0.233. The van der Waals surface area contributed by atoms with Crippen molar-refractivity contribution in [2.24, 2.45) is 0 Å². The van der Waals surface area contributed by atoms with Gasteiger partial charge in [-0.15, -0.1) is 0 Å². The molecule has 1 aliphatic heterocycles. The summed E-state index contributed by atoms with van der Waals surface area (Å²) in [7, 11) is 0. The molecular weight excluding hydrogens is 322 g/mol. The van der Waals surface area contributed by atoms with Crippen molar-refractivity contribution in [3.8, 4) is 11.8 Å². The molecule has 1 amide bonds. The molecule has 0 aliphatic carbocycles. The van der Waals surface area contributed by atoms with Gasteiger partial charge in [0, 0.05) is 11.1 Å². The summed E-state index contributed by atoms with van der Waals surface area (Å²) < 4.78 is 5.50. The van der Waals surface area contributed by atoms with Gasteiger partial charge in [-0.2, -0.15) is 0 Å². The van der Waals surface area contributed by atoms with E-state index in [9.17, 15) is 4.79 Å². The molecule has 1 saturated heterocycles. The number of ether oxygens (including phenoxy) is 1. The first-order valence-corrected chi connectivity index (χ1v) is 8.49. The summed E-state index contributed by atoms with van der Waals surface area (Å²) in [4.78, 5) is 11.8. The molecule has 1 fully saturated rings. The van der Waals surface area contributed by atoms with E-state index in [2.05, 4.69) is 17.2 Å². The molecule has 126 valence electrons. The fourth-order valence-corrected chi connectivity index (χ4v) is 3.06. The third-order valence-electron chi connectivity index (χ3n) is 4.31. The van der Waals surface area contributed by atoms with Gasteiger partial charge in [0.1, 0.15) is 0 Å². The quantitative estimate of drug-likeness (QED) is 0.693. The second-order valence-electron chi connectivity index (χ2n) is 6.10. The van der Waals surface area contributed by atoms with E-state index in [1.807, 2.05) is 84.9 Å². The summed E-state index contributed by atoms with van der Waals surface area (Å²) in [5.74, 6) is 6.35. The zero-order valence-corrected chi connectivity index (χ0v) is 14.1. The van der Waals surface area contributed by atoms with E-state index in [0.29, 0.717) is 0 Å². The van der Waals surface area contributed by atoms with Crippen LogP contribution in [0.4, 0.5) is 4.79 Å². The first-order chi connectivity index (χ1) is 12.8. The molecular formula is C23H17NO2. The van der Waals surface area contributed by atoms with Crippen LogP contribution in [0.1, 0.15) is 34.4 Å². The van der Waals surface area contributed by atoms with Gasteiger partial charge in [0.2, 0.25) is 0 Å². The number of carbonyl (C=O) groups is 1. The van der Waals surface area contributed by atoms with Crippen molar-refractivity contribution >= 4 is 6.09 Å². The standard InChI is InChI=1S/C23H17NO2/c25-23-24-21(22(26-23)19-11-5-2-6-12-19)20-13-7-10-18(16-20)15-14-17-8-3-1-4-9-17/h1-13,16,21-22H,(H,24,25)/t21-,22+/m0/s1. The summed E-state index contributed by atoms with van der Waals surface area (Å²) in [5, 5.41) is 2.91. The number of rotatable bonds is 2. The Morgan fingerprint density at radius 2 is 1.35 bits per heavy atom. The normalized spacial score (nSPS) is 18.4. The molecule has 1 heterocycles. The number of alkyl carbamates (subject to hydrolysis) is 1. The molecule has 0 saturated carbocycles. The molecule has 3 aromatic carbocycles. The van der Waals surface area contributed by atoms with Crippen molar-refractivity contribution in [3.63, 3.8) is 0 Å². The third-order valence-corrected chi connectivity index (χ3v) is 4.31. The molecule has 26 heavy (non-hydrogen) atoms. The average Bonchev–Trinajstić information content (AvgIpc) is 3.10. The zero-order chi connectivity index (χ0) is 17.8. The van der Waals surface area contributed by atoms with Gasteiger partial charge in [-0.1, -0.05) is 72.5 Å². The predicted molar refractivity (Wildman–Crippen MR) is 100 cm³/mol. The molecule has 4 rings (SSSR count). The summed E-state index contributed by atoms with van der Waals surface area (Å²) in [6.07, 6.45) is -0.745. The lowest BCUT2D eigenvalue weighted by Crippen LogP contribution is -2.19. The number of nitrogens with one attached hydrogen (secondary N) is 1. The molecule has 3 aromatic rings. The fourth-order valence-electron chi connectivity index (χ4n) is 3.06. The highest BCUT2D eigenvalue weighted by Crippen LogP contribution is 2.36. The predicted octanol–water partition coefficient (Wildman–Crippen LogP) is 4.61. The largest absolute Gasteiger partial charge is 0.439 e. The maximum atomic E-state index is 11.8. The van der Waals surface area contributed by atoms with Crippen LogP contribution in [0.2, 0.25) is 0 Å². The maximum Gasteiger partial charge on any atom is 0.408 e. The van der Waals surface area contributed by atoms with Crippen molar-refractivity contribution in [1.82, 2.24) is 5.32 Å². The van der Waals surface area contributed by atoms with Crippen molar-refractivity contribution < 1.29 is 9.53 Å². The van der Waals surface area contributed by atoms with Crippen molar-refractivity contribution in [1.29, 1.82) is 0 Å². The van der Waals surface area contributed by atoms with Gasteiger partial charge in [-0.25, -0.2) is 4.79 Å². The van der Waals surface area contributed by atoms with Gasteiger partial charge in [0.05, 0.1) is 6.04 Å². The number of carbonyl (C=O) groups excluding carboxylic acids is 1. The lowest BCUT2D eigenvalue weighted by atomic mass is 9.95. The van der Waals surface area contributed by atoms with Crippen molar-refractivity contribution in [3.05, 3.63) is 107 Å². The first-order valence-electron chi connectivity index (χ1n) is 8.49. The zero-order valence-electron chi connectivity index (χ0n) is 14.1. The van der Waals surface area contributed by atoms with E-state index in [-0.39, 0.29) is 12.1 Å². The Labute approximate surface area is 152 Å². The average molecular weight is 339 g/mol. The summed E-state index contributed by atoms with van der Waals surface area (Å²) in [6, 6.07) is 27.3. The van der Waals surface area contributed by atoms with Crippen LogP contribution in [0, 0.1) is 11.8 Å². The molecule has 0 aromatic heterocycles. The van der Waals surface area contributed by atoms with E-state index in [4.69, 9.17) is 4.74 Å². The molecule has 0 unspecified atom stereocenters. The van der Waals surface area contributed by atoms with Crippen LogP contribution in [-0.4, -0.2) is 6.09 Å². The number of hydrogen-bond acceptors (Lipinski definition) is 2. The smallest absolute Gasteiger partial charge is 0.408 e. The van der Waals surface area contributed by atoms with E-state index in [1.54, 1.807) is 0 Å². The Bertz CT molecular complexity index is 971. The molecule has 2 atom stereocenters. The van der Waals surface area contributed by atoms with Gasteiger partial charge in [0.15, 0.2) is 6.10 Å². The number of amides is 1. The van der Waals surface area contributed by atoms with Gasteiger partial charge < -0.3 is 10.1 Å².